The number of benzene rings is 2. The van der Waals surface area contributed by atoms with E-state index in [2.05, 4.69) is 34.9 Å². The fourth-order valence-corrected chi connectivity index (χ4v) is 5.68. The summed E-state index contributed by atoms with van der Waals surface area (Å²) in [5, 5.41) is 15.1. The lowest BCUT2D eigenvalue weighted by Gasteiger charge is -2.22. The van der Waals surface area contributed by atoms with Crippen LogP contribution < -0.4 is 10.6 Å². The molecular formula is C28H32N2O5. The zero-order valence-corrected chi connectivity index (χ0v) is 19.7. The van der Waals surface area contributed by atoms with Crippen molar-refractivity contribution in [1.29, 1.82) is 0 Å². The summed E-state index contributed by atoms with van der Waals surface area (Å²) in [5.41, 5.74) is 4.68. The molecule has 2 aromatic carbocycles. The Kier molecular flexibility index (Phi) is 6.75. The van der Waals surface area contributed by atoms with Gasteiger partial charge in [0.05, 0.1) is 0 Å². The minimum absolute atomic E-state index is 0.00224. The molecule has 2 fully saturated rings. The Morgan fingerprint density at radius 3 is 2.23 bits per heavy atom. The van der Waals surface area contributed by atoms with Crippen LogP contribution in [-0.2, 0) is 14.3 Å². The molecule has 0 heterocycles. The Hall–Kier alpha value is -3.35. The lowest BCUT2D eigenvalue weighted by Crippen LogP contribution is -2.45. The second kappa shape index (κ2) is 10.1. The van der Waals surface area contributed by atoms with Gasteiger partial charge in [0.15, 0.2) is 0 Å². The first kappa shape index (κ1) is 23.4. The summed E-state index contributed by atoms with van der Waals surface area (Å²) in [5.74, 6) is -1.09. The van der Waals surface area contributed by atoms with Crippen LogP contribution in [0.15, 0.2) is 48.5 Å². The molecule has 3 N–H and O–H groups in total. The number of hydrogen-bond donors (Lipinski definition) is 3. The van der Waals surface area contributed by atoms with Crippen molar-refractivity contribution in [3.63, 3.8) is 0 Å². The van der Waals surface area contributed by atoms with Crippen LogP contribution in [0, 0.1) is 17.8 Å². The molecule has 5 rings (SSSR count). The first-order valence-corrected chi connectivity index (χ1v) is 12.6. The van der Waals surface area contributed by atoms with E-state index in [9.17, 15) is 19.5 Å². The number of nitrogens with one attached hydrogen (secondary N) is 2. The number of carbonyl (C=O) groups is 3. The van der Waals surface area contributed by atoms with Gasteiger partial charge in [0.1, 0.15) is 12.6 Å². The first-order chi connectivity index (χ1) is 17.0. The third-order valence-corrected chi connectivity index (χ3v) is 7.73. The standard InChI is InChI=1S/C28H32N2O5/c31-26(30-25(27(32)33)14-17-12-13-17)19-11-5-6-18(19)15-29-28(34)35-16-24-22-9-3-1-7-20(22)21-8-2-4-10-23(21)24/h1-4,7-10,17-19,24-25H,5-6,11-16H2,(H,29,34)(H,30,31)(H,32,33). The number of fused-ring (bicyclic) bond motifs is 3. The average Bonchev–Trinajstić information content (AvgIpc) is 3.45. The van der Waals surface area contributed by atoms with Crippen LogP contribution in [0.5, 0.6) is 0 Å². The van der Waals surface area contributed by atoms with Crippen molar-refractivity contribution in [2.24, 2.45) is 17.8 Å². The molecule has 0 saturated heterocycles. The minimum Gasteiger partial charge on any atom is -0.480 e. The molecule has 0 spiro atoms. The van der Waals surface area contributed by atoms with E-state index in [4.69, 9.17) is 4.74 Å². The molecule has 7 nitrogen and oxygen atoms in total. The minimum atomic E-state index is -0.975. The molecule has 0 bridgehead atoms. The Morgan fingerprint density at radius 1 is 0.943 bits per heavy atom. The molecule has 2 aromatic rings. The third-order valence-electron chi connectivity index (χ3n) is 7.73. The molecule has 184 valence electrons. The zero-order chi connectivity index (χ0) is 24.4. The lowest BCUT2D eigenvalue weighted by atomic mass is 9.94. The van der Waals surface area contributed by atoms with E-state index < -0.39 is 18.1 Å². The number of carboxylic acid groups (broad SMARTS) is 1. The van der Waals surface area contributed by atoms with Crippen molar-refractivity contribution in [2.75, 3.05) is 13.2 Å². The molecule has 3 aliphatic carbocycles. The molecule has 3 aliphatic rings. The molecule has 3 atom stereocenters. The highest BCUT2D eigenvalue weighted by atomic mass is 16.5. The second-order valence-electron chi connectivity index (χ2n) is 10.1. The topological polar surface area (TPSA) is 105 Å². The predicted molar refractivity (Wildman–Crippen MR) is 131 cm³/mol. The van der Waals surface area contributed by atoms with Gasteiger partial charge in [0.25, 0.3) is 0 Å². The monoisotopic (exact) mass is 476 g/mol. The Labute approximate surface area is 205 Å². The van der Waals surface area contributed by atoms with Gasteiger partial charge in [0, 0.05) is 18.4 Å². The Balaban J connectivity index is 1.13. The summed E-state index contributed by atoms with van der Waals surface area (Å²) >= 11 is 0. The number of ether oxygens (including phenoxy) is 1. The Bertz CT molecular complexity index is 1070. The maximum Gasteiger partial charge on any atom is 0.407 e. The van der Waals surface area contributed by atoms with Crippen LogP contribution >= 0.6 is 0 Å². The van der Waals surface area contributed by atoms with Crippen LogP contribution in [-0.4, -0.2) is 42.3 Å². The SMILES string of the molecule is O=C(NCC1CCCC1C(=O)NC(CC1CC1)C(=O)O)OCC1c2ccccc2-c2ccccc21. The van der Waals surface area contributed by atoms with Crippen molar-refractivity contribution < 1.29 is 24.2 Å². The van der Waals surface area contributed by atoms with Gasteiger partial charge in [-0.25, -0.2) is 9.59 Å². The average molecular weight is 477 g/mol. The van der Waals surface area contributed by atoms with Gasteiger partial charge >= 0.3 is 12.1 Å². The van der Waals surface area contributed by atoms with Crippen molar-refractivity contribution >= 4 is 18.0 Å². The second-order valence-corrected chi connectivity index (χ2v) is 10.1. The molecular weight excluding hydrogens is 444 g/mol. The van der Waals surface area contributed by atoms with Gasteiger partial charge in [-0.05, 0) is 53.4 Å². The van der Waals surface area contributed by atoms with E-state index in [-0.39, 0.29) is 30.3 Å². The van der Waals surface area contributed by atoms with Crippen molar-refractivity contribution in [1.82, 2.24) is 10.6 Å². The third kappa shape index (κ3) is 5.19. The van der Waals surface area contributed by atoms with Crippen molar-refractivity contribution in [3.05, 3.63) is 59.7 Å². The number of carboxylic acids is 1. The fraction of sp³-hybridized carbons (Fsp3) is 0.464. The summed E-state index contributed by atoms with van der Waals surface area (Å²) in [4.78, 5) is 36.9. The first-order valence-electron chi connectivity index (χ1n) is 12.6. The Morgan fingerprint density at radius 2 is 1.60 bits per heavy atom. The molecule has 0 aromatic heterocycles. The van der Waals surface area contributed by atoms with Crippen LogP contribution in [0.25, 0.3) is 11.1 Å². The van der Waals surface area contributed by atoms with Crippen molar-refractivity contribution in [2.45, 2.75) is 50.5 Å². The molecule has 0 aliphatic heterocycles. The number of alkyl carbamates (subject to hydrolysis) is 1. The van der Waals surface area contributed by atoms with E-state index in [1.807, 2.05) is 24.3 Å². The fourth-order valence-electron chi connectivity index (χ4n) is 5.68. The summed E-state index contributed by atoms with van der Waals surface area (Å²) in [6, 6.07) is 15.6. The van der Waals surface area contributed by atoms with Gasteiger partial charge in [-0.3, -0.25) is 4.79 Å². The van der Waals surface area contributed by atoms with Crippen LogP contribution in [0.1, 0.15) is 55.6 Å². The number of amides is 2. The van der Waals surface area contributed by atoms with E-state index >= 15 is 0 Å². The molecule has 0 radical (unpaired) electrons. The van der Waals surface area contributed by atoms with Gasteiger partial charge in [-0.1, -0.05) is 67.8 Å². The van der Waals surface area contributed by atoms with Gasteiger partial charge in [-0.15, -0.1) is 0 Å². The molecule has 2 amide bonds. The van der Waals surface area contributed by atoms with Crippen LogP contribution in [0.3, 0.4) is 0 Å². The van der Waals surface area contributed by atoms with Crippen molar-refractivity contribution in [3.8, 4) is 11.1 Å². The van der Waals surface area contributed by atoms with Gasteiger partial charge < -0.3 is 20.5 Å². The van der Waals surface area contributed by atoms with E-state index in [1.54, 1.807) is 0 Å². The molecule has 3 unspecified atom stereocenters. The van der Waals surface area contributed by atoms with Gasteiger partial charge in [-0.2, -0.15) is 0 Å². The maximum atomic E-state index is 12.8. The van der Waals surface area contributed by atoms with Crippen LogP contribution in [0.4, 0.5) is 4.79 Å². The van der Waals surface area contributed by atoms with Gasteiger partial charge in [0.2, 0.25) is 5.91 Å². The largest absolute Gasteiger partial charge is 0.480 e. The normalized spacial score (nSPS) is 21.6. The summed E-state index contributed by atoms with van der Waals surface area (Å²) in [7, 11) is 0. The molecule has 35 heavy (non-hydrogen) atoms. The summed E-state index contributed by atoms with van der Waals surface area (Å²) in [6.45, 7) is 0.588. The number of rotatable bonds is 9. The van der Waals surface area contributed by atoms with Crippen LogP contribution in [0.2, 0.25) is 0 Å². The molecule has 2 saturated carbocycles. The maximum absolute atomic E-state index is 12.8. The van der Waals surface area contributed by atoms with E-state index in [0.29, 0.717) is 25.3 Å². The zero-order valence-electron chi connectivity index (χ0n) is 19.7. The number of hydrogen-bond acceptors (Lipinski definition) is 4. The number of carbonyl (C=O) groups excluding carboxylic acids is 2. The number of aliphatic carboxylic acids is 1. The van der Waals surface area contributed by atoms with E-state index in [1.165, 1.54) is 11.1 Å². The predicted octanol–water partition coefficient (Wildman–Crippen LogP) is 4.31. The highest BCUT2D eigenvalue weighted by Crippen LogP contribution is 2.44. The summed E-state index contributed by atoms with van der Waals surface area (Å²) in [6.07, 6.45) is 4.49. The lowest BCUT2D eigenvalue weighted by molar-refractivity contribution is -0.143. The molecule has 7 heteroatoms. The highest BCUT2D eigenvalue weighted by Gasteiger charge is 2.37. The van der Waals surface area contributed by atoms with E-state index in [0.717, 1.165) is 36.8 Å². The quantitative estimate of drug-likeness (QED) is 0.500. The highest BCUT2D eigenvalue weighted by molar-refractivity contribution is 5.85. The smallest absolute Gasteiger partial charge is 0.407 e. The summed E-state index contributed by atoms with van der Waals surface area (Å²) < 4.78 is 5.61.